The van der Waals surface area contributed by atoms with E-state index in [0.29, 0.717) is 0 Å². The number of anilines is 2. The minimum atomic E-state index is 0.856. The summed E-state index contributed by atoms with van der Waals surface area (Å²) in [6.07, 6.45) is 2.12. The smallest absolute Gasteiger partial charge is 0.0316 e. The summed E-state index contributed by atoms with van der Waals surface area (Å²) in [6.45, 7) is 4.24. The fourth-order valence-electron chi connectivity index (χ4n) is 1.63. The van der Waals surface area contributed by atoms with Gasteiger partial charge in [-0.15, -0.1) is 0 Å². The van der Waals surface area contributed by atoms with Crippen LogP contribution in [0.4, 0.5) is 11.4 Å². The molecule has 0 fully saturated rings. The maximum Gasteiger partial charge on any atom is 0.0316 e. The van der Waals surface area contributed by atoms with Crippen LogP contribution in [0.5, 0.6) is 0 Å². The van der Waals surface area contributed by atoms with Crippen LogP contribution in [0.15, 0.2) is 48.5 Å². The number of nitrogen functional groups attached to an aromatic ring is 2. The second-order valence-electron chi connectivity index (χ2n) is 4.20. The van der Waals surface area contributed by atoms with Crippen molar-refractivity contribution in [3.8, 4) is 0 Å². The quantitative estimate of drug-likeness (QED) is 0.790. The second kappa shape index (κ2) is 7.38. The Morgan fingerprint density at radius 2 is 1.11 bits per heavy atom. The number of aryl methyl sites for hydroxylation is 2. The topological polar surface area (TPSA) is 52.0 Å². The molecule has 0 saturated carbocycles. The SMILES string of the molecule is CCc1cccc(N)c1.CCc1cccc(N)c1. The molecular formula is C16H22N2. The Morgan fingerprint density at radius 3 is 1.33 bits per heavy atom. The van der Waals surface area contributed by atoms with Crippen molar-refractivity contribution in [2.75, 3.05) is 11.5 Å². The largest absolute Gasteiger partial charge is 0.399 e. The Kier molecular flexibility index (Phi) is 5.78. The summed E-state index contributed by atoms with van der Waals surface area (Å²) in [5, 5.41) is 0. The van der Waals surface area contributed by atoms with Crippen LogP contribution in [0.3, 0.4) is 0 Å². The van der Waals surface area contributed by atoms with E-state index in [0.717, 1.165) is 24.2 Å². The van der Waals surface area contributed by atoms with E-state index in [4.69, 9.17) is 11.5 Å². The lowest BCUT2D eigenvalue weighted by molar-refractivity contribution is 1.14. The molecule has 0 saturated heterocycles. The summed E-state index contributed by atoms with van der Waals surface area (Å²) < 4.78 is 0. The molecule has 96 valence electrons. The van der Waals surface area contributed by atoms with E-state index in [2.05, 4.69) is 26.0 Å². The molecule has 0 atom stereocenters. The maximum atomic E-state index is 5.53. The van der Waals surface area contributed by atoms with Crippen molar-refractivity contribution in [2.24, 2.45) is 0 Å². The molecule has 18 heavy (non-hydrogen) atoms. The molecular weight excluding hydrogens is 220 g/mol. The molecule has 0 spiro atoms. The summed E-state index contributed by atoms with van der Waals surface area (Å²) in [6, 6.07) is 15.9. The van der Waals surface area contributed by atoms with Gasteiger partial charge >= 0.3 is 0 Å². The molecule has 2 aromatic carbocycles. The van der Waals surface area contributed by atoms with Gasteiger partial charge in [0.25, 0.3) is 0 Å². The van der Waals surface area contributed by atoms with Gasteiger partial charge in [0.2, 0.25) is 0 Å². The number of hydrogen-bond donors (Lipinski definition) is 2. The molecule has 2 nitrogen and oxygen atoms in total. The Labute approximate surface area is 110 Å². The second-order valence-corrected chi connectivity index (χ2v) is 4.20. The van der Waals surface area contributed by atoms with Crippen LogP contribution in [-0.4, -0.2) is 0 Å². The van der Waals surface area contributed by atoms with Gasteiger partial charge in [0.1, 0.15) is 0 Å². The highest BCUT2D eigenvalue weighted by Gasteiger charge is 1.87. The summed E-state index contributed by atoms with van der Waals surface area (Å²) in [5.74, 6) is 0. The van der Waals surface area contributed by atoms with Crippen LogP contribution in [0.1, 0.15) is 25.0 Å². The Balaban J connectivity index is 0.000000180. The molecule has 0 heterocycles. The molecule has 2 heteroatoms. The molecule has 0 aliphatic carbocycles. The number of hydrogen-bond acceptors (Lipinski definition) is 2. The summed E-state index contributed by atoms with van der Waals surface area (Å²) >= 11 is 0. The average Bonchev–Trinajstić information content (AvgIpc) is 2.39. The predicted molar refractivity (Wildman–Crippen MR) is 80.5 cm³/mol. The van der Waals surface area contributed by atoms with E-state index in [1.54, 1.807) is 0 Å². The molecule has 0 aliphatic rings. The molecule has 0 amide bonds. The van der Waals surface area contributed by atoms with Gasteiger partial charge in [0, 0.05) is 11.4 Å². The standard InChI is InChI=1S/2C8H11N/c2*1-2-7-4-3-5-8(9)6-7/h2*3-6H,2,9H2,1H3. The van der Waals surface area contributed by atoms with Crippen LogP contribution in [0, 0.1) is 0 Å². The zero-order chi connectivity index (χ0) is 13.4. The first-order valence-electron chi connectivity index (χ1n) is 6.34. The van der Waals surface area contributed by atoms with Crippen molar-refractivity contribution in [2.45, 2.75) is 26.7 Å². The molecule has 4 N–H and O–H groups in total. The van der Waals surface area contributed by atoms with Crippen LogP contribution in [0.2, 0.25) is 0 Å². The van der Waals surface area contributed by atoms with Crippen molar-refractivity contribution in [1.29, 1.82) is 0 Å². The van der Waals surface area contributed by atoms with E-state index in [1.807, 2.05) is 36.4 Å². The molecule has 0 aliphatic heterocycles. The monoisotopic (exact) mass is 242 g/mol. The van der Waals surface area contributed by atoms with Gasteiger partial charge < -0.3 is 11.5 Å². The normalized spacial score (nSPS) is 9.44. The first-order chi connectivity index (χ1) is 8.65. The van der Waals surface area contributed by atoms with Crippen molar-refractivity contribution in [1.82, 2.24) is 0 Å². The Morgan fingerprint density at radius 1 is 0.722 bits per heavy atom. The van der Waals surface area contributed by atoms with Gasteiger partial charge in [-0.2, -0.15) is 0 Å². The summed E-state index contributed by atoms with van der Waals surface area (Å²) in [5.41, 5.74) is 15.4. The highest BCUT2D eigenvalue weighted by molar-refractivity contribution is 5.41. The fourth-order valence-corrected chi connectivity index (χ4v) is 1.63. The highest BCUT2D eigenvalue weighted by Crippen LogP contribution is 2.06. The first-order valence-corrected chi connectivity index (χ1v) is 6.34. The van der Waals surface area contributed by atoms with Crippen LogP contribution >= 0.6 is 0 Å². The Bertz CT molecular complexity index is 433. The lowest BCUT2D eigenvalue weighted by Gasteiger charge is -1.95. The third-order valence-electron chi connectivity index (χ3n) is 2.72. The zero-order valence-corrected chi connectivity index (χ0v) is 11.2. The van der Waals surface area contributed by atoms with Gasteiger partial charge in [-0.3, -0.25) is 0 Å². The average molecular weight is 242 g/mol. The van der Waals surface area contributed by atoms with Crippen molar-refractivity contribution >= 4 is 11.4 Å². The molecule has 0 radical (unpaired) electrons. The minimum absolute atomic E-state index is 0.856. The maximum absolute atomic E-state index is 5.53. The first kappa shape index (κ1) is 14.1. The van der Waals surface area contributed by atoms with Crippen molar-refractivity contribution < 1.29 is 0 Å². The highest BCUT2D eigenvalue weighted by atomic mass is 14.5. The van der Waals surface area contributed by atoms with Crippen molar-refractivity contribution in [3.63, 3.8) is 0 Å². The van der Waals surface area contributed by atoms with E-state index in [9.17, 15) is 0 Å². The van der Waals surface area contributed by atoms with Gasteiger partial charge in [-0.25, -0.2) is 0 Å². The van der Waals surface area contributed by atoms with E-state index >= 15 is 0 Å². The molecule has 0 bridgehead atoms. The van der Waals surface area contributed by atoms with Gasteiger partial charge in [0.05, 0.1) is 0 Å². The Hall–Kier alpha value is -1.96. The van der Waals surface area contributed by atoms with Crippen molar-refractivity contribution in [3.05, 3.63) is 59.7 Å². The summed E-state index contributed by atoms with van der Waals surface area (Å²) in [7, 11) is 0. The third-order valence-corrected chi connectivity index (χ3v) is 2.72. The molecule has 0 unspecified atom stereocenters. The lowest BCUT2D eigenvalue weighted by atomic mass is 10.1. The predicted octanol–water partition coefficient (Wildman–Crippen LogP) is 3.66. The van der Waals surface area contributed by atoms with E-state index in [-0.39, 0.29) is 0 Å². The number of nitrogens with two attached hydrogens (primary N) is 2. The lowest BCUT2D eigenvalue weighted by Crippen LogP contribution is -1.85. The number of rotatable bonds is 2. The van der Waals surface area contributed by atoms with E-state index < -0.39 is 0 Å². The van der Waals surface area contributed by atoms with Crippen LogP contribution in [-0.2, 0) is 12.8 Å². The van der Waals surface area contributed by atoms with Gasteiger partial charge in [0.15, 0.2) is 0 Å². The minimum Gasteiger partial charge on any atom is -0.399 e. The fraction of sp³-hybridized carbons (Fsp3) is 0.250. The van der Waals surface area contributed by atoms with E-state index in [1.165, 1.54) is 11.1 Å². The van der Waals surface area contributed by atoms with Gasteiger partial charge in [-0.05, 0) is 48.2 Å². The number of benzene rings is 2. The summed E-state index contributed by atoms with van der Waals surface area (Å²) in [4.78, 5) is 0. The van der Waals surface area contributed by atoms with Gasteiger partial charge in [-0.1, -0.05) is 38.1 Å². The van der Waals surface area contributed by atoms with Crippen LogP contribution in [0.25, 0.3) is 0 Å². The zero-order valence-electron chi connectivity index (χ0n) is 11.2. The molecule has 2 rings (SSSR count). The molecule has 2 aromatic rings. The molecule has 0 aromatic heterocycles. The van der Waals surface area contributed by atoms with Crippen LogP contribution < -0.4 is 11.5 Å². The third kappa shape index (κ3) is 4.91.